The summed E-state index contributed by atoms with van der Waals surface area (Å²) in [5.41, 5.74) is 0. The van der Waals surface area contributed by atoms with Crippen molar-refractivity contribution in [3.05, 3.63) is 0 Å². The monoisotopic (exact) mass is 341 g/mol. The second-order valence-corrected chi connectivity index (χ2v) is 6.84. The summed E-state index contributed by atoms with van der Waals surface area (Å²) in [6.07, 6.45) is 3.60. The number of hydrogen-bond donors (Lipinski definition) is 2. The van der Waals surface area contributed by atoms with E-state index in [1.165, 1.54) is 6.42 Å². The fourth-order valence-electron chi connectivity index (χ4n) is 3.13. The predicted octanol–water partition coefficient (Wildman–Crippen LogP) is -0.0171. The summed E-state index contributed by atoms with van der Waals surface area (Å²) in [5.74, 6) is 0.871. The summed E-state index contributed by atoms with van der Waals surface area (Å²) in [7, 11) is 6.20. The van der Waals surface area contributed by atoms with Crippen molar-refractivity contribution in [3.63, 3.8) is 0 Å². The van der Waals surface area contributed by atoms with Crippen molar-refractivity contribution in [1.29, 1.82) is 0 Å². The molecule has 0 aromatic carbocycles. The molecule has 2 rings (SSSR count). The second kappa shape index (κ2) is 10.9. The topological polar surface area (TPSA) is 61.4 Å². The van der Waals surface area contributed by atoms with Crippen LogP contribution in [0.4, 0.5) is 0 Å². The van der Waals surface area contributed by atoms with Gasteiger partial charge in [-0.2, -0.15) is 0 Å². The normalized spacial score (nSPS) is 26.7. The molecule has 2 unspecified atom stereocenters. The number of ether oxygens (including phenoxy) is 2. The number of likely N-dealkylation sites (N-methyl/N-ethyl adjacent to an activating group) is 2. The highest BCUT2D eigenvalue weighted by Gasteiger charge is 2.22. The van der Waals surface area contributed by atoms with Crippen molar-refractivity contribution >= 4 is 5.96 Å². The molecule has 0 aromatic rings. The molecule has 140 valence electrons. The zero-order chi connectivity index (χ0) is 17.2. The van der Waals surface area contributed by atoms with Gasteiger partial charge in [-0.05, 0) is 33.4 Å². The van der Waals surface area contributed by atoms with Crippen molar-refractivity contribution in [3.8, 4) is 0 Å². The Morgan fingerprint density at radius 2 is 2.17 bits per heavy atom. The first-order chi connectivity index (χ1) is 11.7. The molecular formula is C17H35N5O2. The quantitative estimate of drug-likeness (QED) is 0.368. The highest BCUT2D eigenvalue weighted by atomic mass is 16.5. The summed E-state index contributed by atoms with van der Waals surface area (Å²) in [4.78, 5) is 9.10. The van der Waals surface area contributed by atoms with E-state index >= 15 is 0 Å². The maximum Gasteiger partial charge on any atom is 0.191 e. The van der Waals surface area contributed by atoms with Gasteiger partial charge >= 0.3 is 0 Å². The number of nitrogens with zero attached hydrogens (tertiary/aromatic N) is 3. The minimum atomic E-state index is 0.318. The molecule has 2 aliphatic heterocycles. The van der Waals surface area contributed by atoms with Gasteiger partial charge in [0.1, 0.15) is 0 Å². The Labute approximate surface area is 146 Å². The summed E-state index contributed by atoms with van der Waals surface area (Å²) in [6.45, 7) is 7.53. The Kier molecular flexibility index (Phi) is 8.80. The minimum Gasteiger partial charge on any atom is -0.379 e. The zero-order valence-electron chi connectivity index (χ0n) is 15.6. The molecule has 2 saturated heterocycles. The third kappa shape index (κ3) is 6.93. The lowest BCUT2D eigenvalue weighted by molar-refractivity contribution is 0.0168. The van der Waals surface area contributed by atoms with Crippen molar-refractivity contribution in [1.82, 2.24) is 20.4 Å². The minimum absolute atomic E-state index is 0.318. The van der Waals surface area contributed by atoms with Crippen LogP contribution in [0.15, 0.2) is 4.99 Å². The molecule has 2 atom stereocenters. The molecule has 0 bridgehead atoms. The second-order valence-electron chi connectivity index (χ2n) is 6.84. The van der Waals surface area contributed by atoms with Gasteiger partial charge in [-0.3, -0.25) is 9.89 Å². The molecule has 0 spiro atoms. The van der Waals surface area contributed by atoms with Crippen LogP contribution in [0.5, 0.6) is 0 Å². The van der Waals surface area contributed by atoms with Gasteiger partial charge in [0, 0.05) is 59.0 Å². The van der Waals surface area contributed by atoms with Gasteiger partial charge in [-0.1, -0.05) is 0 Å². The van der Waals surface area contributed by atoms with Crippen LogP contribution in [0.2, 0.25) is 0 Å². The Bertz CT molecular complexity index is 374. The molecule has 2 N–H and O–H groups in total. The maximum absolute atomic E-state index is 5.68. The Hall–Kier alpha value is -0.890. The van der Waals surface area contributed by atoms with E-state index in [9.17, 15) is 0 Å². The molecule has 0 amide bonds. The number of aliphatic imine (C=N–C) groups is 1. The van der Waals surface area contributed by atoms with Crippen molar-refractivity contribution in [2.45, 2.75) is 31.4 Å². The lowest BCUT2D eigenvalue weighted by Gasteiger charge is -2.37. The van der Waals surface area contributed by atoms with Crippen LogP contribution in [-0.4, -0.2) is 102 Å². The van der Waals surface area contributed by atoms with Gasteiger partial charge in [0.25, 0.3) is 0 Å². The van der Waals surface area contributed by atoms with Gasteiger partial charge in [-0.15, -0.1) is 0 Å². The first-order valence-electron chi connectivity index (χ1n) is 9.21. The van der Waals surface area contributed by atoms with E-state index in [0.29, 0.717) is 12.1 Å². The molecule has 2 heterocycles. The highest BCUT2D eigenvalue weighted by Crippen LogP contribution is 2.11. The molecule has 7 nitrogen and oxygen atoms in total. The van der Waals surface area contributed by atoms with E-state index in [0.717, 1.165) is 71.3 Å². The molecule has 24 heavy (non-hydrogen) atoms. The van der Waals surface area contributed by atoms with Crippen LogP contribution < -0.4 is 10.6 Å². The van der Waals surface area contributed by atoms with Gasteiger partial charge in [-0.25, -0.2) is 0 Å². The van der Waals surface area contributed by atoms with Gasteiger partial charge in [0.05, 0.1) is 12.7 Å². The van der Waals surface area contributed by atoms with Crippen LogP contribution >= 0.6 is 0 Å². The fraction of sp³-hybridized carbons (Fsp3) is 0.941. The number of hydrogen-bond acceptors (Lipinski definition) is 5. The average molecular weight is 342 g/mol. The summed E-state index contributed by atoms with van der Waals surface area (Å²) in [6, 6.07) is 0.525. The number of piperazine rings is 1. The van der Waals surface area contributed by atoms with Crippen LogP contribution in [0.25, 0.3) is 0 Å². The Morgan fingerprint density at radius 1 is 1.29 bits per heavy atom. The average Bonchev–Trinajstić information content (AvgIpc) is 3.09. The number of rotatable bonds is 8. The molecule has 2 aliphatic rings. The third-order valence-corrected chi connectivity index (χ3v) is 4.79. The third-order valence-electron chi connectivity index (χ3n) is 4.79. The van der Waals surface area contributed by atoms with E-state index in [2.05, 4.69) is 39.5 Å². The standard InChI is InChI=1S/C17H35N5O2/c1-18-17(20-12-15-13-21(2)8-9-22(15)3)19-7-5-10-23-14-16-6-4-11-24-16/h15-16H,4-14H2,1-3H3,(H2,18,19,20). The summed E-state index contributed by atoms with van der Waals surface area (Å²) >= 11 is 0. The molecule has 7 heteroatoms. The summed E-state index contributed by atoms with van der Waals surface area (Å²) < 4.78 is 11.2. The first kappa shape index (κ1) is 19.4. The highest BCUT2D eigenvalue weighted by molar-refractivity contribution is 5.79. The van der Waals surface area contributed by atoms with E-state index < -0.39 is 0 Å². The van der Waals surface area contributed by atoms with Crippen molar-refractivity contribution < 1.29 is 9.47 Å². The molecule has 0 aromatic heterocycles. The van der Waals surface area contributed by atoms with Crippen LogP contribution in [0.1, 0.15) is 19.3 Å². The van der Waals surface area contributed by atoms with Gasteiger partial charge in [0.2, 0.25) is 0 Å². The molecular weight excluding hydrogens is 306 g/mol. The Balaban J connectivity index is 1.52. The van der Waals surface area contributed by atoms with Crippen LogP contribution in [0, 0.1) is 0 Å². The smallest absolute Gasteiger partial charge is 0.191 e. The van der Waals surface area contributed by atoms with Crippen molar-refractivity contribution in [2.75, 3.05) is 73.7 Å². The van der Waals surface area contributed by atoms with E-state index in [1.807, 2.05) is 7.05 Å². The van der Waals surface area contributed by atoms with Crippen molar-refractivity contribution in [2.24, 2.45) is 4.99 Å². The predicted molar refractivity (Wildman–Crippen MR) is 97.7 cm³/mol. The molecule has 2 fully saturated rings. The molecule has 0 saturated carbocycles. The fourth-order valence-corrected chi connectivity index (χ4v) is 3.13. The Morgan fingerprint density at radius 3 is 2.92 bits per heavy atom. The van der Waals surface area contributed by atoms with Gasteiger partial charge in [0.15, 0.2) is 5.96 Å². The zero-order valence-corrected chi connectivity index (χ0v) is 15.6. The van der Waals surface area contributed by atoms with E-state index in [-0.39, 0.29) is 0 Å². The van der Waals surface area contributed by atoms with E-state index in [4.69, 9.17) is 9.47 Å². The number of guanidine groups is 1. The lowest BCUT2D eigenvalue weighted by Crippen LogP contribution is -2.55. The molecule has 0 aliphatic carbocycles. The maximum atomic E-state index is 5.68. The van der Waals surface area contributed by atoms with Crippen LogP contribution in [-0.2, 0) is 9.47 Å². The largest absolute Gasteiger partial charge is 0.379 e. The van der Waals surface area contributed by atoms with Gasteiger partial charge < -0.3 is 25.0 Å². The molecule has 0 radical (unpaired) electrons. The SMILES string of the molecule is CN=C(NCCCOCC1CCCO1)NCC1CN(C)CCN1C. The van der Waals surface area contributed by atoms with Crippen LogP contribution in [0.3, 0.4) is 0 Å². The lowest BCUT2D eigenvalue weighted by atomic mass is 10.2. The summed E-state index contributed by atoms with van der Waals surface area (Å²) in [5, 5.41) is 6.79. The first-order valence-corrected chi connectivity index (χ1v) is 9.21. The van der Waals surface area contributed by atoms with E-state index in [1.54, 1.807) is 0 Å². The number of nitrogens with one attached hydrogen (secondary N) is 2.